The molecule has 4 unspecified atom stereocenters. The molecule has 6 aliphatic rings. The number of likely N-dealkylation sites (tertiary alicyclic amines) is 2. The first-order valence-electron chi connectivity index (χ1n) is 23.5. The molecule has 2 spiro atoms. The maximum atomic E-state index is 14.3. The summed E-state index contributed by atoms with van der Waals surface area (Å²) in [5.41, 5.74) is 5.89. The van der Waals surface area contributed by atoms with E-state index in [1.807, 2.05) is 29.2 Å². The number of carbonyl (C=O) groups is 3. The van der Waals surface area contributed by atoms with Crippen LogP contribution in [0.5, 0.6) is 0 Å². The van der Waals surface area contributed by atoms with Crippen molar-refractivity contribution in [2.45, 2.75) is 125 Å². The summed E-state index contributed by atoms with van der Waals surface area (Å²) in [7, 11) is 3.26. The summed E-state index contributed by atoms with van der Waals surface area (Å²) >= 11 is 0. The Labute approximate surface area is 369 Å². The van der Waals surface area contributed by atoms with Crippen molar-refractivity contribution in [2.24, 2.45) is 11.8 Å². The molecular weight excluding hydrogens is 797 g/mol. The lowest BCUT2D eigenvalue weighted by Gasteiger charge is -2.48. The van der Waals surface area contributed by atoms with Gasteiger partial charge in [-0.25, -0.2) is 14.8 Å². The molecule has 4 saturated heterocycles. The van der Waals surface area contributed by atoms with E-state index >= 15 is 0 Å². The lowest BCUT2D eigenvalue weighted by Crippen LogP contribution is -2.56. The summed E-state index contributed by atoms with van der Waals surface area (Å²) in [6.07, 6.45) is 16.6. The van der Waals surface area contributed by atoms with Crippen LogP contribution in [0, 0.1) is 11.8 Å². The number of aromatic nitrogens is 4. The van der Waals surface area contributed by atoms with Crippen molar-refractivity contribution in [3.8, 4) is 33.6 Å². The van der Waals surface area contributed by atoms with Crippen molar-refractivity contribution in [3.05, 3.63) is 72.6 Å². The average molecular weight is 859 g/mol. The molecule has 0 bridgehead atoms. The van der Waals surface area contributed by atoms with Crippen LogP contribution < -0.4 is 10.6 Å². The van der Waals surface area contributed by atoms with E-state index in [-0.39, 0.29) is 53.0 Å². The fraction of sp³-hybridized carbons (Fsp3) is 0.571. The molecule has 4 aliphatic heterocycles. The Morgan fingerprint density at radius 3 is 1.54 bits per heavy atom. The second kappa shape index (κ2) is 17.5. The fourth-order valence-electron chi connectivity index (χ4n) is 11.6. The number of nitrogens with one attached hydrogen (secondary N) is 4. The van der Waals surface area contributed by atoms with Gasteiger partial charge in [-0.15, -0.1) is 0 Å². The minimum Gasteiger partial charge on any atom is -0.453 e. The number of H-pyrrole nitrogens is 2. The van der Waals surface area contributed by atoms with Crippen molar-refractivity contribution in [2.75, 3.05) is 40.5 Å². The van der Waals surface area contributed by atoms with E-state index in [2.05, 4.69) is 69.1 Å². The SMILES string of the molecule is CNC(C(=O)N1CCC[C@H]1c1ncc(-c2ccc(-c3ccc(-c4cnc([C@@H]5CCCN5C(=O)C(NC(=O)OC)C5CCOC6(CCC6)C5)[nH]4)cc3)cc2)[nH]1)C1CCOC2(CCC2)C1. The standard InChI is InChI=1S/C49H62N8O6/c1-50-41(35-17-25-62-48(27-35)19-5-20-48)45(58)56-23-3-7-39(56)43-51-29-37(53-43)33-13-9-31(10-14-33)32-11-15-34(16-12-32)38-30-52-44(54-38)40-8-4-24-57(40)46(59)42(55-47(60)61-2)36-18-26-63-49(28-36)21-6-22-49/h9-16,29-30,35-36,39-42,50H,3-8,17-28H2,1-2H3,(H,51,53)(H,52,54)(H,55,60)/t35?,36?,39-,40-,41?,42?/m0/s1. The summed E-state index contributed by atoms with van der Waals surface area (Å²) in [5, 5.41) is 6.30. The predicted molar refractivity (Wildman–Crippen MR) is 237 cm³/mol. The summed E-state index contributed by atoms with van der Waals surface area (Å²) in [6, 6.07) is 15.8. The Kier molecular flexibility index (Phi) is 11.6. The Balaban J connectivity index is 0.780. The van der Waals surface area contributed by atoms with Gasteiger partial charge in [0.25, 0.3) is 0 Å². The summed E-state index contributed by atoms with van der Waals surface area (Å²) in [4.78, 5) is 61.5. The smallest absolute Gasteiger partial charge is 0.407 e. The van der Waals surface area contributed by atoms with Gasteiger partial charge in [0.2, 0.25) is 11.8 Å². The molecule has 6 fully saturated rings. The maximum Gasteiger partial charge on any atom is 0.407 e. The van der Waals surface area contributed by atoms with Crippen molar-refractivity contribution in [1.82, 2.24) is 40.4 Å². The van der Waals surface area contributed by atoms with Crippen LogP contribution in [0.15, 0.2) is 60.9 Å². The van der Waals surface area contributed by atoms with E-state index in [1.54, 1.807) is 0 Å². The van der Waals surface area contributed by atoms with Crippen molar-refractivity contribution >= 4 is 17.9 Å². The monoisotopic (exact) mass is 858 g/mol. The molecule has 14 nitrogen and oxygen atoms in total. The number of hydrogen-bond acceptors (Lipinski definition) is 9. The molecule has 4 aromatic rings. The highest BCUT2D eigenvalue weighted by atomic mass is 16.5. The Morgan fingerprint density at radius 1 is 0.667 bits per heavy atom. The Morgan fingerprint density at radius 2 is 1.11 bits per heavy atom. The highest BCUT2D eigenvalue weighted by Gasteiger charge is 2.49. The van der Waals surface area contributed by atoms with E-state index < -0.39 is 12.1 Å². The molecule has 2 saturated carbocycles. The third-order valence-corrected chi connectivity index (χ3v) is 15.5. The van der Waals surface area contributed by atoms with Crippen LogP contribution in [0.4, 0.5) is 4.79 Å². The molecule has 6 heterocycles. The zero-order valence-corrected chi connectivity index (χ0v) is 36.7. The van der Waals surface area contributed by atoms with Gasteiger partial charge >= 0.3 is 6.09 Å². The molecular formula is C49H62N8O6. The maximum absolute atomic E-state index is 14.3. The van der Waals surface area contributed by atoms with Gasteiger partial charge < -0.3 is 44.6 Å². The summed E-state index contributed by atoms with van der Waals surface area (Å²) < 4.78 is 17.3. The molecule has 14 heteroatoms. The van der Waals surface area contributed by atoms with Gasteiger partial charge in [0, 0.05) is 26.3 Å². The third kappa shape index (κ3) is 8.18. The molecule has 0 radical (unpaired) electrons. The van der Waals surface area contributed by atoms with E-state index in [1.165, 1.54) is 13.5 Å². The number of methoxy groups -OCH3 is 1. The molecule has 334 valence electrons. The van der Waals surface area contributed by atoms with Crippen molar-refractivity contribution in [1.29, 1.82) is 0 Å². The number of aromatic amines is 2. The first-order valence-corrected chi connectivity index (χ1v) is 23.5. The normalized spacial score (nSPS) is 25.9. The highest BCUT2D eigenvalue weighted by Crippen LogP contribution is 2.47. The zero-order valence-electron chi connectivity index (χ0n) is 36.7. The summed E-state index contributed by atoms with van der Waals surface area (Å²) in [6.45, 7) is 2.69. The quantitative estimate of drug-likeness (QED) is 0.120. The number of likely N-dealkylation sites (N-methyl/N-ethyl adjacent to an activating group) is 1. The molecule has 6 atom stereocenters. The van der Waals surface area contributed by atoms with Crippen molar-refractivity contribution < 1.29 is 28.6 Å². The van der Waals surface area contributed by atoms with Gasteiger partial charge in [-0.1, -0.05) is 48.5 Å². The van der Waals surface area contributed by atoms with Gasteiger partial charge in [-0.05, 0) is 131 Å². The summed E-state index contributed by atoms with van der Waals surface area (Å²) in [5.74, 6) is 1.97. The van der Waals surface area contributed by atoms with Crippen LogP contribution in [0.25, 0.3) is 33.6 Å². The van der Waals surface area contributed by atoms with E-state index in [0.29, 0.717) is 13.2 Å². The minimum atomic E-state index is -0.675. The van der Waals surface area contributed by atoms with Gasteiger partial charge in [-0.3, -0.25) is 9.59 Å². The number of carbonyl (C=O) groups excluding carboxylic acids is 3. The number of nitrogens with zero attached hydrogens (tertiary/aromatic N) is 4. The molecule has 2 aromatic carbocycles. The van der Waals surface area contributed by atoms with Crippen molar-refractivity contribution in [3.63, 3.8) is 0 Å². The van der Waals surface area contributed by atoms with E-state index in [0.717, 1.165) is 142 Å². The van der Waals surface area contributed by atoms with Gasteiger partial charge in [0.15, 0.2) is 0 Å². The molecule has 63 heavy (non-hydrogen) atoms. The lowest BCUT2D eigenvalue weighted by atomic mass is 9.70. The van der Waals surface area contributed by atoms with Crippen LogP contribution >= 0.6 is 0 Å². The zero-order chi connectivity index (χ0) is 43.1. The number of benzene rings is 2. The van der Waals surface area contributed by atoms with Gasteiger partial charge in [0.05, 0.1) is 60.2 Å². The average Bonchev–Trinajstić information content (AvgIpc) is 4.15. The topological polar surface area (TPSA) is 167 Å². The fourth-order valence-corrected chi connectivity index (χ4v) is 11.6. The molecule has 2 aromatic heterocycles. The second-order valence-electron chi connectivity index (χ2n) is 19.1. The van der Waals surface area contributed by atoms with E-state index in [4.69, 9.17) is 24.2 Å². The Bertz CT molecular complexity index is 2260. The predicted octanol–water partition coefficient (Wildman–Crippen LogP) is 7.47. The number of hydrogen-bond donors (Lipinski definition) is 4. The molecule has 10 rings (SSSR count). The molecule has 3 amide bonds. The third-order valence-electron chi connectivity index (χ3n) is 15.5. The number of imidazole rings is 2. The number of amides is 3. The van der Waals surface area contributed by atoms with E-state index in [9.17, 15) is 14.4 Å². The van der Waals surface area contributed by atoms with Crippen LogP contribution in [0.2, 0.25) is 0 Å². The molecule has 2 aliphatic carbocycles. The van der Waals surface area contributed by atoms with Crippen LogP contribution in [0.1, 0.15) is 114 Å². The van der Waals surface area contributed by atoms with Gasteiger partial charge in [-0.2, -0.15) is 0 Å². The second-order valence-corrected chi connectivity index (χ2v) is 19.1. The van der Waals surface area contributed by atoms with Crippen LogP contribution in [-0.2, 0) is 23.8 Å². The Hall–Kier alpha value is -5.05. The minimum absolute atomic E-state index is 0.00483. The molecule has 4 N–H and O–H groups in total. The van der Waals surface area contributed by atoms with Crippen LogP contribution in [-0.4, -0.2) is 111 Å². The first-order chi connectivity index (χ1) is 30.7. The largest absolute Gasteiger partial charge is 0.453 e. The first kappa shape index (κ1) is 41.9. The lowest BCUT2D eigenvalue weighted by molar-refractivity contribution is -0.156. The number of ether oxygens (including phenoxy) is 3. The number of rotatable bonds is 11. The number of alkyl carbamates (subject to hydrolysis) is 1. The van der Waals surface area contributed by atoms with Gasteiger partial charge in [0.1, 0.15) is 17.7 Å². The van der Waals surface area contributed by atoms with Crippen LogP contribution in [0.3, 0.4) is 0 Å². The highest BCUT2D eigenvalue weighted by molar-refractivity contribution is 5.87.